The highest BCUT2D eigenvalue weighted by atomic mass is 79.9. The lowest BCUT2D eigenvalue weighted by molar-refractivity contribution is 0.0661. The Kier molecular flexibility index (Phi) is 3.91. The second-order valence-electron chi connectivity index (χ2n) is 3.30. The molecule has 0 spiro atoms. The van der Waals surface area contributed by atoms with E-state index in [2.05, 4.69) is 15.9 Å². The summed E-state index contributed by atoms with van der Waals surface area (Å²) in [7, 11) is 0. The van der Waals surface area contributed by atoms with Crippen LogP contribution in [0.25, 0.3) is 0 Å². The zero-order chi connectivity index (χ0) is 12.3. The Morgan fingerprint density at radius 1 is 1.35 bits per heavy atom. The molecule has 3 nitrogen and oxygen atoms in total. The summed E-state index contributed by atoms with van der Waals surface area (Å²) in [6.07, 6.45) is 1.40. The first-order valence-electron chi connectivity index (χ1n) is 4.85. The van der Waals surface area contributed by atoms with E-state index in [9.17, 15) is 4.79 Å². The normalized spacial score (nSPS) is 10.4. The molecule has 0 aliphatic rings. The van der Waals surface area contributed by atoms with Gasteiger partial charge >= 0.3 is 5.97 Å². The summed E-state index contributed by atoms with van der Waals surface area (Å²) in [4.78, 5) is 11.9. The van der Waals surface area contributed by atoms with E-state index in [1.165, 1.54) is 6.26 Å². The SMILES string of the molecule is O=C(O)c1occc1CSc1ccccc1Br. The number of hydrogen-bond acceptors (Lipinski definition) is 3. The summed E-state index contributed by atoms with van der Waals surface area (Å²) >= 11 is 5.01. The number of aromatic carboxylic acids is 1. The zero-order valence-corrected chi connectivity index (χ0v) is 11.1. The predicted octanol–water partition coefficient (Wildman–Crippen LogP) is 4.03. The van der Waals surface area contributed by atoms with E-state index >= 15 is 0 Å². The highest BCUT2D eigenvalue weighted by Crippen LogP contribution is 2.30. The molecule has 0 unspecified atom stereocenters. The van der Waals surface area contributed by atoms with E-state index < -0.39 is 5.97 Å². The van der Waals surface area contributed by atoms with Crippen molar-refractivity contribution in [3.63, 3.8) is 0 Å². The first-order valence-corrected chi connectivity index (χ1v) is 6.63. The summed E-state index contributed by atoms with van der Waals surface area (Å²) in [5, 5.41) is 8.89. The highest BCUT2D eigenvalue weighted by Gasteiger charge is 2.14. The van der Waals surface area contributed by atoms with E-state index in [1.54, 1.807) is 17.8 Å². The minimum absolute atomic E-state index is 0.0181. The summed E-state index contributed by atoms with van der Waals surface area (Å²) in [5.74, 6) is -0.442. The molecule has 0 aliphatic carbocycles. The Morgan fingerprint density at radius 2 is 2.12 bits per heavy atom. The van der Waals surface area contributed by atoms with Crippen molar-refractivity contribution >= 4 is 33.7 Å². The van der Waals surface area contributed by atoms with Gasteiger partial charge in [-0.05, 0) is 34.1 Å². The van der Waals surface area contributed by atoms with Crippen LogP contribution in [0.15, 0.2) is 50.4 Å². The average Bonchev–Trinajstić information content (AvgIpc) is 2.76. The third-order valence-corrected chi connectivity index (χ3v) is 4.24. The van der Waals surface area contributed by atoms with Gasteiger partial charge in [0.1, 0.15) is 0 Å². The summed E-state index contributed by atoms with van der Waals surface area (Å²) < 4.78 is 5.93. The van der Waals surface area contributed by atoms with Crippen molar-refractivity contribution in [2.24, 2.45) is 0 Å². The van der Waals surface area contributed by atoms with Crippen LogP contribution in [-0.2, 0) is 5.75 Å². The molecule has 0 amide bonds. The van der Waals surface area contributed by atoms with Crippen molar-refractivity contribution < 1.29 is 14.3 Å². The van der Waals surface area contributed by atoms with Gasteiger partial charge in [-0.3, -0.25) is 0 Å². The number of carboxylic acid groups (broad SMARTS) is 1. The highest BCUT2D eigenvalue weighted by molar-refractivity contribution is 9.10. The molecule has 2 rings (SSSR count). The van der Waals surface area contributed by atoms with E-state index in [0.717, 1.165) is 9.37 Å². The van der Waals surface area contributed by atoms with E-state index in [0.29, 0.717) is 11.3 Å². The van der Waals surface area contributed by atoms with Crippen molar-refractivity contribution in [1.82, 2.24) is 0 Å². The standard InChI is InChI=1S/C12H9BrO3S/c13-9-3-1-2-4-10(9)17-7-8-5-6-16-11(8)12(14)15/h1-6H,7H2,(H,14,15). The van der Waals surface area contributed by atoms with Crippen LogP contribution in [0.3, 0.4) is 0 Å². The fraction of sp³-hybridized carbons (Fsp3) is 0.0833. The van der Waals surface area contributed by atoms with Crippen molar-refractivity contribution in [3.8, 4) is 0 Å². The van der Waals surface area contributed by atoms with E-state index in [1.807, 2.05) is 24.3 Å². The van der Waals surface area contributed by atoms with Crippen LogP contribution in [0.5, 0.6) is 0 Å². The van der Waals surface area contributed by atoms with Gasteiger partial charge < -0.3 is 9.52 Å². The topological polar surface area (TPSA) is 50.4 Å². The van der Waals surface area contributed by atoms with Crippen molar-refractivity contribution in [2.45, 2.75) is 10.6 Å². The molecule has 0 fully saturated rings. The zero-order valence-electron chi connectivity index (χ0n) is 8.72. The van der Waals surface area contributed by atoms with Gasteiger partial charge in [-0.15, -0.1) is 11.8 Å². The van der Waals surface area contributed by atoms with Gasteiger partial charge in [0.05, 0.1) is 6.26 Å². The molecular formula is C12H9BrO3S. The molecular weight excluding hydrogens is 304 g/mol. The first-order chi connectivity index (χ1) is 8.18. The molecule has 2 aromatic rings. The third kappa shape index (κ3) is 2.92. The molecule has 5 heteroatoms. The van der Waals surface area contributed by atoms with Crippen LogP contribution in [0.1, 0.15) is 16.1 Å². The van der Waals surface area contributed by atoms with Gasteiger partial charge in [-0.25, -0.2) is 4.79 Å². The van der Waals surface area contributed by atoms with Gasteiger partial charge in [0.15, 0.2) is 0 Å². The van der Waals surface area contributed by atoms with Gasteiger partial charge in [-0.2, -0.15) is 0 Å². The Morgan fingerprint density at radius 3 is 2.82 bits per heavy atom. The van der Waals surface area contributed by atoms with Crippen molar-refractivity contribution in [2.75, 3.05) is 0 Å². The average molecular weight is 313 g/mol. The van der Waals surface area contributed by atoms with Crippen LogP contribution in [0.4, 0.5) is 0 Å². The summed E-state index contributed by atoms with van der Waals surface area (Å²) in [5.41, 5.74) is 0.693. The van der Waals surface area contributed by atoms with Gasteiger partial charge in [0.2, 0.25) is 5.76 Å². The number of halogens is 1. The summed E-state index contributed by atoms with van der Waals surface area (Å²) in [6, 6.07) is 9.51. The molecule has 0 bridgehead atoms. The number of hydrogen-bond donors (Lipinski definition) is 1. The second kappa shape index (κ2) is 5.42. The van der Waals surface area contributed by atoms with Gasteiger partial charge in [-0.1, -0.05) is 12.1 Å². The number of furan rings is 1. The number of rotatable bonds is 4. The maximum absolute atomic E-state index is 10.8. The molecule has 0 aliphatic heterocycles. The smallest absolute Gasteiger partial charge is 0.372 e. The summed E-state index contributed by atoms with van der Waals surface area (Å²) in [6.45, 7) is 0. The Balaban J connectivity index is 2.10. The molecule has 0 atom stereocenters. The monoisotopic (exact) mass is 312 g/mol. The van der Waals surface area contributed by atoms with E-state index in [4.69, 9.17) is 9.52 Å². The minimum atomic E-state index is -1.03. The fourth-order valence-electron chi connectivity index (χ4n) is 1.35. The lowest BCUT2D eigenvalue weighted by Gasteiger charge is -2.03. The Labute approximate surface area is 111 Å². The molecule has 0 radical (unpaired) electrons. The number of benzene rings is 1. The lowest BCUT2D eigenvalue weighted by atomic mass is 10.3. The largest absolute Gasteiger partial charge is 0.475 e. The maximum atomic E-state index is 10.8. The second-order valence-corrected chi connectivity index (χ2v) is 5.17. The predicted molar refractivity (Wildman–Crippen MR) is 69.4 cm³/mol. The van der Waals surface area contributed by atoms with Crippen LogP contribution in [0.2, 0.25) is 0 Å². The van der Waals surface area contributed by atoms with Crippen LogP contribution in [-0.4, -0.2) is 11.1 Å². The van der Waals surface area contributed by atoms with Crippen LogP contribution >= 0.6 is 27.7 Å². The molecule has 1 aromatic carbocycles. The number of carboxylic acids is 1. The van der Waals surface area contributed by atoms with Gasteiger partial charge in [0.25, 0.3) is 0 Å². The number of carbonyl (C=O) groups is 1. The molecule has 0 saturated carbocycles. The fourth-order valence-corrected chi connectivity index (χ4v) is 2.90. The molecule has 1 aromatic heterocycles. The molecule has 88 valence electrons. The quantitative estimate of drug-likeness (QED) is 0.866. The van der Waals surface area contributed by atoms with E-state index in [-0.39, 0.29) is 5.76 Å². The van der Waals surface area contributed by atoms with Crippen molar-refractivity contribution in [3.05, 3.63) is 52.4 Å². The number of thioether (sulfide) groups is 1. The van der Waals surface area contributed by atoms with Crippen molar-refractivity contribution in [1.29, 1.82) is 0 Å². The minimum Gasteiger partial charge on any atom is -0.475 e. The molecule has 0 saturated heterocycles. The lowest BCUT2D eigenvalue weighted by Crippen LogP contribution is -1.97. The Hall–Kier alpha value is -1.20. The molecule has 1 heterocycles. The first kappa shape index (κ1) is 12.3. The van der Waals surface area contributed by atoms with Crippen LogP contribution < -0.4 is 0 Å². The third-order valence-electron chi connectivity index (χ3n) is 2.16. The van der Waals surface area contributed by atoms with Gasteiger partial charge in [0, 0.05) is 20.7 Å². The molecule has 1 N–H and O–H groups in total. The van der Waals surface area contributed by atoms with Crippen LogP contribution in [0, 0.1) is 0 Å². The Bertz CT molecular complexity index is 536. The molecule has 17 heavy (non-hydrogen) atoms. The maximum Gasteiger partial charge on any atom is 0.372 e.